The highest BCUT2D eigenvalue weighted by Crippen LogP contribution is 2.39. The molecule has 1 aromatic rings. The van der Waals surface area contributed by atoms with E-state index in [1.165, 1.54) is 5.56 Å². The van der Waals surface area contributed by atoms with Crippen LogP contribution in [-0.2, 0) is 9.59 Å². The van der Waals surface area contributed by atoms with E-state index in [2.05, 4.69) is 38.1 Å². The summed E-state index contributed by atoms with van der Waals surface area (Å²) < 4.78 is 5.77. The van der Waals surface area contributed by atoms with Gasteiger partial charge in [-0.1, -0.05) is 45.2 Å². The van der Waals surface area contributed by atoms with Crippen molar-refractivity contribution in [2.24, 2.45) is 17.8 Å². The van der Waals surface area contributed by atoms with Gasteiger partial charge >= 0.3 is 0 Å². The summed E-state index contributed by atoms with van der Waals surface area (Å²) >= 11 is 0. The third-order valence-corrected chi connectivity index (χ3v) is 7.28. The van der Waals surface area contributed by atoms with Gasteiger partial charge in [-0.15, -0.1) is 0 Å². The molecule has 2 saturated carbocycles. The number of ketones is 2. The number of carbonyl (C=O) groups is 2. The highest BCUT2D eigenvalue weighted by molar-refractivity contribution is 6.02. The Morgan fingerprint density at radius 3 is 2.27 bits per heavy atom. The summed E-state index contributed by atoms with van der Waals surface area (Å²) in [4.78, 5) is 25.3. The molecule has 30 heavy (non-hydrogen) atoms. The molecule has 0 bridgehead atoms. The van der Waals surface area contributed by atoms with Crippen LogP contribution in [0.4, 0.5) is 0 Å². The molecule has 0 spiro atoms. The van der Waals surface area contributed by atoms with E-state index in [1.807, 2.05) is 0 Å². The second-order valence-electron chi connectivity index (χ2n) is 9.61. The van der Waals surface area contributed by atoms with E-state index in [4.69, 9.17) is 4.74 Å². The summed E-state index contributed by atoms with van der Waals surface area (Å²) in [5.41, 5.74) is 1.40. The molecule has 1 aromatic carbocycles. The molecule has 0 N–H and O–H groups in total. The molecule has 2 aliphatic rings. The number of carbonyl (C=O) groups excluding carboxylic acids is 2. The number of hydrogen-bond donors (Lipinski definition) is 0. The Balaban J connectivity index is 1.42. The van der Waals surface area contributed by atoms with Gasteiger partial charge < -0.3 is 4.74 Å². The summed E-state index contributed by atoms with van der Waals surface area (Å²) in [6, 6.07) is 8.62. The lowest BCUT2D eigenvalue weighted by Crippen LogP contribution is -2.32. The maximum atomic E-state index is 12.8. The fourth-order valence-electron chi connectivity index (χ4n) is 5.38. The van der Waals surface area contributed by atoms with Crippen molar-refractivity contribution >= 4 is 11.6 Å². The van der Waals surface area contributed by atoms with E-state index in [0.29, 0.717) is 30.6 Å². The first-order chi connectivity index (χ1) is 14.6. The number of rotatable bonds is 10. The van der Waals surface area contributed by atoms with Crippen LogP contribution in [0.15, 0.2) is 24.3 Å². The van der Waals surface area contributed by atoms with E-state index < -0.39 is 0 Å². The van der Waals surface area contributed by atoms with Gasteiger partial charge in [-0.05, 0) is 80.4 Å². The molecule has 2 fully saturated rings. The number of hydrogen-bond acceptors (Lipinski definition) is 3. The van der Waals surface area contributed by atoms with Crippen LogP contribution in [0.2, 0.25) is 0 Å². The quantitative estimate of drug-likeness (QED) is 0.310. The summed E-state index contributed by atoms with van der Waals surface area (Å²) in [5, 5.41) is 0. The molecule has 0 aliphatic heterocycles. The second-order valence-corrected chi connectivity index (χ2v) is 9.61. The molecule has 2 aliphatic carbocycles. The van der Waals surface area contributed by atoms with Crippen molar-refractivity contribution in [3.8, 4) is 5.75 Å². The highest BCUT2D eigenvalue weighted by Gasteiger charge is 2.34. The van der Waals surface area contributed by atoms with Gasteiger partial charge in [0.1, 0.15) is 17.3 Å². The average Bonchev–Trinajstić information content (AvgIpc) is 2.75. The molecule has 3 rings (SSSR count). The predicted octanol–water partition coefficient (Wildman–Crippen LogP) is 6.88. The maximum Gasteiger partial charge on any atom is 0.143 e. The van der Waals surface area contributed by atoms with E-state index in [1.54, 1.807) is 0 Å². The van der Waals surface area contributed by atoms with E-state index in [9.17, 15) is 9.59 Å². The lowest BCUT2D eigenvalue weighted by atomic mass is 9.73. The van der Waals surface area contributed by atoms with Gasteiger partial charge in [-0.2, -0.15) is 0 Å². The molecule has 2 unspecified atom stereocenters. The third-order valence-electron chi connectivity index (χ3n) is 7.28. The number of Topliss-reactive ketones (excluding diaryl/α,β-unsaturated/α-hetero) is 2. The van der Waals surface area contributed by atoms with Crippen LogP contribution in [0.25, 0.3) is 0 Å². The van der Waals surface area contributed by atoms with Crippen molar-refractivity contribution in [3.05, 3.63) is 29.8 Å². The minimum Gasteiger partial charge on any atom is -0.494 e. The van der Waals surface area contributed by atoms with E-state index >= 15 is 0 Å². The van der Waals surface area contributed by atoms with Crippen LogP contribution in [0.5, 0.6) is 5.75 Å². The molecule has 0 heterocycles. The smallest absolute Gasteiger partial charge is 0.143 e. The zero-order valence-electron chi connectivity index (χ0n) is 19.0. The molecule has 0 amide bonds. The van der Waals surface area contributed by atoms with Crippen LogP contribution >= 0.6 is 0 Å². The number of benzene rings is 1. The largest absolute Gasteiger partial charge is 0.494 e. The Bertz CT molecular complexity index is 670. The van der Waals surface area contributed by atoms with Gasteiger partial charge in [0.15, 0.2) is 0 Å². The topological polar surface area (TPSA) is 43.4 Å². The third kappa shape index (κ3) is 6.43. The fourth-order valence-corrected chi connectivity index (χ4v) is 5.38. The van der Waals surface area contributed by atoms with Crippen molar-refractivity contribution in [2.75, 3.05) is 6.61 Å². The summed E-state index contributed by atoms with van der Waals surface area (Å²) in [7, 11) is 0. The van der Waals surface area contributed by atoms with Crippen molar-refractivity contribution in [1.29, 1.82) is 0 Å². The number of ether oxygens (including phenoxy) is 1. The summed E-state index contributed by atoms with van der Waals surface area (Å²) in [6.07, 6.45) is 12.1. The highest BCUT2D eigenvalue weighted by atomic mass is 16.5. The van der Waals surface area contributed by atoms with Crippen molar-refractivity contribution in [1.82, 2.24) is 0 Å². The van der Waals surface area contributed by atoms with Crippen LogP contribution in [0.1, 0.15) is 102 Å². The molecule has 0 aromatic heterocycles. The van der Waals surface area contributed by atoms with Crippen LogP contribution in [0, 0.1) is 17.8 Å². The number of unbranched alkanes of at least 4 members (excludes halogenated alkanes) is 1. The van der Waals surface area contributed by atoms with Crippen LogP contribution in [0.3, 0.4) is 0 Å². The van der Waals surface area contributed by atoms with Gasteiger partial charge in [-0.25, -0.2) is 0 Å². The Hall–Kier alpha value is -1.64. The van der Waals surface area contributed by atoms with E-state index in [-0.39, 0.29) is 17.5 Å². The molecule has 2 atom stereocenters. The van der Waals surface area contributed by atoms with Crippen molar-refractivity contribution < 1.29 is 14.3 Å². The van der Waals surface area contributed by atoms with Crippen molar-refractivity contribution in [3.63, 3.8) is 0 Å². The molecule has 0 radical (unpaired) electrons. The molecular formula is C27H40O3. The molecule has 3 nitrogen and oxygen atoms in total. The van der Waals surface area contributed by atoms with Gasteiger partial charge in [-0.3, -0.25) is 9.59 Å². The fraction of sp³-hybridized carbons (Fsp3) is 0.704. The lowest BCUT2D eigenvalue weighted by Gasteiger charge is -2.31. The maximum absolute atomic E-state index is 12.8. The summed E-state index contributed by atoms with van der Waals surface area (Å²) in [6.45, 7) is 5.14. The Kier molecular flexibility index (Phi) is 8.96. The van der Waals surface area contributed by atoms with Crippen LogP contribution in [-0.4, -0.2) is 18.2 Å². The zero-order valence-corrected chi connectivity index (χ0v) is 19.0. The Labute approximate surface area is 183 Å². The zero-order chi connectivity index (χ0) is 21.3. The van der Waals surface area contributed by atoms with Crippen LogP contribution < -0.4 is 4.74 Å². The minimum atomic E-state index is -0.295. The molecule has 166 valence electrons. The van der Waals surface area contributed by atoms with Gasteiger partial charge in [0.25, 0.3) is 0 Å². The lowest BCUT2D eigenvalue weighted by molar-refractivity contribution is -0.136. The summed E-state index contributed by atoms with van der Waals surface area (Å²) in [5.74, 6) is 2.69. The molecular weight excluding hydrogens is 372 g/mol. The minimum absolute atomic E-state index is 0.222. The second kappa shape index (κ2) is 11.7. The Morgan fingerprint density at radius 2 is 1.63 bits per heavy atom. The first-order valence-electron chi connectivity index (χ1n) is 12.4. The molecule has 3 heteroatoms. The SMILES string of the molecule is CCCCOc1ccc([C@H]2CC[C@H](CC(=O)C3CCC(CCC)CC3=O)CC2)cc1. The van der Waals surface area contributed by atoms with Gasteiger partial charge in [0.05, 0.1) is 12.5 Å². The first-order valence-corrected chi connectivity index (χ1v) is 12.4. The average molecular weight is 413 g/mol. The van der Waals surface area contributed by atoms with Gasteiger partial charge in [0, 0.05) is 12.8 Å². The van der Waals surface area contributed by atoms with E-state index in [0.717, 1.165) is 76.6 Å². The normalized spacial score (nSPS) is 27.1. The standard InChI is InChI=1S/C27H40O3/c1-3-5-17-30-24-14-12-23(13-15-24)22-10-7-21(8-11-22)19-27(29)25-16-9-20(6-4-2)18-26(25)28/h12-15,20-22,25H,3-11,16-19H2,1-2H3/t20?,21-,22-,25?. The molecule has 0 saturated heterocycles. The predicted molar refractivity (Wildman–Crippen MR) is 122 cm³/mol. The monoisotopic (exact) mass is 412 g/mol. The van der Waals surface area contributed by atoms with Gasteiger partial charge in [0.2, 0.25) is 0 Å². The first kappa shape index (κ1) is 23.0. The van der Waals surface area contributed by atoms with Crippen molar-refractivity contribution in [2.45, 2.75) is 96.8 Å². The Morgan fingerprint density at radius 1 is 0.933 bits per heavy atom.